The van der Waals surface area contributed by atoms with Crippen molar-refractivity contribution in [2.45, 2.75) is 104 Å². The van der Waals surface area contributed by atoms with Crippen molar-refractivity contribution >= 4 is 12.4 Å². The molecule has 0 radical (unpaired) electrons. The first-order chi connectivity index (χ1) is 13.7. The Morgan fingerprint density at radius 2 is 1.66 bits per heavy atom. The lowest BCUT2D eigenvalue weighted by molar-refractivity contribution is -0.147. The van der Waals surface area contributed by atoms with Gasteiger partial charge in [0, 0.05) is 0 Å². The molecule has 2 rings (SSSR count). The van der Waals surface area contributed by atoms with Gasteiger partial charge in [0.1, 0.15) is 5.60 Å². The van der Waals surface area contributed by atoms with Gasteiger partial charge in [-0.25, -0.2) is 0 Å². The van der Waals surface area contributed by atoms with Gasteiger partial charge >= 0.3 is 5.97 Å². The number of aryl methyl sites for hydroxylation is 3. The second-order valence-electron chi connectivity index (χ2n) is 9.56. The molecule has 1 aromatic carbocycles. The average Bonchev–Trinajstić information content (AvgIpc) is 3.41. The second kappa shape index (κ2) is 10.3. The zero-order valence-corrected chi connectivity index (χ0v) is 18.7. The molecule has 1 aliphatic rings. The molecule has 1 aromatic rings. The van der Waals surface area contributed by atoms with Crippen LogP contribution < -0.4 is 0 Å². The van der Waals surface area contributed by atoms with E-state index in [1.54, 1.807) is 0 Å². The van der Waals surface area contributed by atoms with Crippen LogP contribution in [-0.2, 0) is 27.2 Å². The van der Waals surface area contributed by atoms with Crippen molar-refractivity contribution in [1.29, 1.82) is 0 Å². The maximum Gasteiger partial charge on any atom is 0.309 e. The summed E-state index contributed by atoms with van der Waals surface area (Å²) in [4.78, 5) is 21.8. The number of aliphatic carboxylic acids is 1. The van der Waals surface area contributed by atoms with Crippen LogP contribution in [0.4, 0.5) is 0 Å². The third-order valence-corrected chi connectivity index (χ3v) is 6.53. The molecule has 0 aromatic heterocycles. The maximum atomic E-state index is 11.2. The summed E-state index contributed by atoms with van der Waals surface area (Å²) >= 11 is 0. The van der Waals surface area contributed by atoms with Crippen LogP contribution in [0.15, 0.2) is 12.1 Å². The Labute approximate surface area is 176 Å². The highest BCUT2D eigenvalue weighted by Gasteiger charge is 2.44. The molecule has 4 heteroatoms. The quantitative estimate of drug-likeness (QED) is 0.309. The third kappa shape index (κ3) is 7.17. The number of carbonyl (C=O) groups excluding carboxylic acids is 1. The molecule has 4 nitrogen and oxygen atoms in total. The van der Waals surface area contributed by atoms with Crippen molar-refractivity contribution in [2.75, 3.05) is 0 Å². The Kier molecular flexibility index (Phi) is 8.30. The fourth-order valence-electron chi connectivity index (χ4n) is 4.13. The van der Waals surface area contributed by atoms with E-state index in [9.17, 15) is 14.7 Å². The predicted molar refractivity (Wildman–Crippen MR) is 116 cm³/mol. The molecule has 0 bridgehead atoms. The lowest BCUT2D eigenvalue weighted by Crippen LogP contribution is -2.23. The van der Waals surface area contributed by atoms with Gasteiger partial charge in [0.2, 0.25) is 0 Å². The number of rotatable bonds is 14. The Hall–Kier alpha value is -1.84. The van der Waals surface area contributed by atoms with Gasteiger partial charge in [-0.15, -0.1) is 0 Å². The van der Waals surface area contributed by atoms with Gasteiger partial charge in [-0.3, -0.25) is 9.59 Å². The van der Waals surface area contributed by atoms with Gasteiger partial charge in [-0.2, -0.15) is 0 Å². The van der Waals surface area contributed by atoms with E-state index in [0.29, 0.717) is 6.47 Å². The van der Waals surface area contributed by atoms with E-state index < -0.39 is 11.4 Å². The highest BCUT2D eigenvalue weighted by molar-refractivity contribution is 5.73. The molecular formula is C25H38O4. The molecule has 0 spiro atoms. The van der Waals surface area contributed by atoms with Crippen molar-refractivity contribution in [3.05, 3.63) is 34.4 Å². The Bertz CT molecular complexity index is 701. The highest BCUT2D eigenvalue weighted by atomic mass is 16.5. The fraction of sp³-hybridized carbons (Fsp3) is 0.680. The van der Waals surface area contributed by atoms with Crippen LogP contribution in [0.5, 0.6) is 0 Å². The summed E-state index contributed by atoms with van der Waals surface area (Å²) in [5.74, 6) is -0.706. The number of carboxylic acid groups (broad SMARTS) is 1. The number of carboxylic acids is 1. The molecule has 1 N–H and O–H groups in total. The lowest BCUT2D eigenvalue weighted by Gasteiger charge is -2.18. The largest absolute Gasteiger partial charge is 0.481 e. The van der Waals surface area contributed by atoms with Crippen LogP contribution in [0, 0.1) is 19.3 Å². The first-order valence-corrected chi connectivity index (χ1v) is 11.1. The summed E-state index contributed by atoms with van der Waals surface area (Å²) in [6.07, 6.45) is 11.2. The monoisotopic (exact) mass is 402 g/mol. The van der Waals surface area contributed by atoms with Crippen LogP contribution in [0.25, 0.3) is 0 Å². The van der Waals surface area contributed by atoms with Crippen molar-refractivity contribution < 1.29 is 19.4 Å². The molecular weight excluding hydrogens is 364 g/mol. The predicted octanol–water partition coefficient (Wildman–Crippen LogP) is 5.94. The smallest absolute Gasteiger partial charge is 0.309 e. The van der Waals surface area contributed by atoms with Crippen LogP contribution in [-0.4, -0.2) is 23.1 Å². The summed E-state index contributed by atoms with van der Waals surface area (Å²) in [6, 6.07) is 4.61. The number of ether oxygens (including phenoxy) is 1. The van der Waals surface area contributed by atoms with E-state index in [1.165, 1.54) is 22.3 Å². The van der Waals surface area contributed by atoms with E-state index in [1.807, 2.05) is 13.8 Å². The van der Waals surface area contributed by atoms with Crippen molar-refractivity contribution in [3.8, 4) is 0 Å². The minimum Gasteiger partial charge on any atom is -0.481 e. The zero-order chi connectivity index (χ0) is 21.5. The first-order valence-electron chi connectivity index (χ1n) is 11.1. The number of carbonyl (C=O) groups is 2. The highest BCUT2D eigenvalue weighted by Crippen LogP contribution is 2.43. The Morgan fingerprint density at radius 1 is 1.07 bits per heavy atom. The molecule has 162 valence electrons. The fourth-order valence-corrected chi connectivity index (χ4v) is 4.13. The SMILES string of the molecule is Cc1cc(CCCCCC(C)(C)C(=O)O)c(C)c(CCCCC2(OC=O)CC2)c1. The molecule has 1 aliphatic carbocycles. The molecule has 29 heavy (non-hydrogen) atoms. The molecule has 1 fully saturated rings. The lowest BCUT2D eigenvalue weighted by atomic mass is 9.86. The summed E-state index contributed by atoms with van der Waals surface area (Å²) < 4.78 is 5.24. The van der Waals surface area contributed by atoms with Gasteiger partial charge in [0.05, 0.1) is 5.41 Å². The van der Waals surface area contributed by atoms with E-state index in [2.05, 4.69) is 26.0 Å². The van der Waals surface area contributed by atoms with Crippen LogP contribution in [0.1, 0.15) is 93.9 Å². The molecule has 0 atom stereocenters. The van der Waals surface area contributed by atoms with Gasteiger partial charge in [0.25, 0.3) is 6.47 Å². The van der Waals surface area contributed by atoms with Crippen LogP contribution in [0.3, 0.4) is 0 Å². The summed E-state index contributed by atoms with van der Waals surface area (Å²) in [5, 5.41) is 9.21. The molecule has 0 saturated heterocycles. The number of hydrogen-bond acceptors (Lipinski definition) is 3. The van der Waals surface area contributed by atoms with Crippen LogP contribution >= 0.6 is 0 Å². The third-order valence-electron chi connectivity index (χ3n) is 6.53. The van der Waals surface area contributed by atoms with Gasteiger partial charge in [-0.1, -0.05) is 30.5 Å². The van der Waals surface area contributed by atoms with E-state index >= 15 is 0 Å². The van der Waals surface area contributed by atoms with Gasteiger partial charge < -0.3 is 9.84 Å². The van der Waals surface area contributed by atoms with E-state index in [4.69, 9.17) is 4.74 Å². The first kappa shape index (κ1) is 23.4. The zero-order valence-electron chi connectivity index (χ0n) is 18.7. The minimum absolute atomic E-state index is 0.135. The summed E-state index contributed by atoms with van der Waals surface area (Å²) in [7, 11) is 0. The maximum absolute atomic E-state index is 11.2. The minimum atomic E-state index is -0.706. The van der Waals surface area contributed by atoms with Crippen LogP contribution in [0.2, 0.25) is 0 Å². The average molecular weight is 403 g/mol. The topological polar surface area (TPSA) is 63.6 Å². The molecule has 0 unspecified atom stereocenters. The molecule has 1 saturated carbocycles. The van der Waals surface area contributed by atoms with Crippen molar-refractivity contribution in [3.63, 3.8) is 0 Å². The summed E-state index contributed by atoms with van der Waals surface area (Å²) in [5.41, 5.74) is 4.84. The van der Waals surface area contributed by atoms with Crippen molar-refractivity contribution in [2.24, 2.45) is 5.41 Å². The number of unbranched alkanes of at least 4 members (excludes halogenated alkanes) is 3. The molecule has 0 amide bonds. The number of benzene rings is 1. The molecule has 0 aliphatic heterocycles. The van der Waals surface area contributed by atoms with Crippen molar-refractivity contribution in [1.82, 2.24) is 0 Å². The molecule has 0 heterocycles. The second-order valence-corrected chi connectivity index (χ2v) is 9.56. The summed E-state index contributed by atoms with van der Waals surface area (Å²) in [6.45, 7) is 8.62. The standard InChI is InChI=1S/C25H38O4/c1-19-16-21(10-6-5-8-12-24(3,4)23(27)28)20(2)22(17-19)11-7-9-13-25(14-15-25)29-18-26/h16-18H,5-15H2,1-4H3,(H,27,28). The number of hydrogen-bond donors (Lipinski definition) is 1. The Morgan fingerprint density at radius 3 is 2.17 bits per heavy atom. The normalized spacial score (nSPS) is 15.2. The van der Waals surface area contributed by atoms with Gasteiger partial charge in [0.15, 0.2) is 0 Å². The Balaban J connectivity index is 1.78. The van der Waals surface area contributed by atoms with Gasteiger partial charge in [-0.05, 0) is 102 Å². The van der Waals surface area contributed by atoms with E-state index in [0.717, 1.165) is 70.6 Å². The van der Waals surface area contributed by atoms with E-state index in [-0.39, 0.29) is 5.60 Å².